The minimum Gasteiger partial charge on any atom is -0.469 e. The number of rotatable bonds is 10. The lowest BCUT2D eigenvalue weighted by Crippen LogP contribution is -2.23. The van der Waals surface area contributed by atoms with E-state index in [2.05, 4.69) is 17.6 Å². The molecule has 0 amide bonds. The molecule has 3 nitrogen and oxygen atoms in total. The lowest BCUT2D eigenvalue weighted by molar-refractivity contribution is 0.494. The Kier molecular flexibility index (Phi) is 7.82. The standard InChI is InChI=1S/C13H24N2O/c1-2-8-14-10-5-11-15-9-3-6-13-7-4-12-16-13/h4,7,12,14-15H,2-3,5-6,8-11H2,1H3. The van der Waals surface area contributed by atoms with E-state index in [4.69, 9.17) is 4.42 Å². The van der Waals surface area contributed by atoms with E-state index in [1.54, 1.807) is 6.26 Å². The zero-order valence-electron chi connectivity index (χ0n) is 10.3. The third kappa shape index (κ3) is 6.64. The van der Waals surface area contributed by atoms with Crippen LogP contribution >= 0.6 is 0 Å². The van der Waals surface area contributed by atoms with Crippen LogP contribution in [0.4, 0.5) is 0 Å². The SMILES string of the molecule is CCCNCCCNCCCc1ccco1. The van der Waals surface area contributed by atoms with E-state index < -0.39 is 0 Å². The Morgan fingerprint density at radius 2 is 1.81 bits per heavy atom. The number of aryl methyl sites for hydroxylation is 1. The van der Waals surface area contributed by atoms with E-state index in [9.17, 15) is 0 Å². The first-order valence-electron chi connectivity index (χ1n) is 6.37. The Hall–Kier alpha value is -0.800. The van der Waals surface area contributed by atoms with Crippen molar-refractivity contribution in [1.82, 2.24) is 10.6 Å². The van der Waals surface area contributed by atoms with E-state index in [-0.39, 0.29) is 0 Å². The normalized spacial score (nSPS) is 10.8. The fourth-order valence-corrected chi connectivity index (χ4v) is 1.61. The van der Waals surface area contributed by atoms with Crippen molar-refractivity contribution in [3.63, 3.8) is 0 Å². The van der Waals surface area contributed by atoms with Crippen molar-refractivity contribution in [3.8, 4) is 0 Å². The molecule has 1 rings (SSSR count). The summed E-state index contributed by atoms with van der Waals surface area (Å²) in [7, 11) is 0. The quantitative estimate of drug-likeness (QED) is 0.598. The van der Waals surface area contributed by atoms with Gasteiger partial charge in [0.25, 0.3) is 0 Å². The highest BCUT2D eigenvalue weighted by Gasteiger charge is 1.94. The molecular formula is C13H24N2O. The Balaban J connectivity index is 1.78. The van der Waals surface area contributed by atoms with Crippen molar-refractivity contribution in [3.05, 3.63) is 24.2 Å². The van der Waals surface area contributed by atoms with Gasteiger partial charge < -0.3 is 15.1 Å². The maximum absolute atomic E-state index is 5.27. The molecule has 0 radical (unpaired) electrons. The summed E-state index contributed by atoms with van der Waals surface area (Å²) in [6.45, 7) is 6.64. The number of nitrogens with one attached hydrogen (secondary N) is 2. The van der Waals surface area contributed by atoms with Crippen molar-refractivity contribution in [2.75, 3.05) is 26.2 Å². The monoisotopic (exact) mass is 224 g/mol. The zero-order chi connectivity index (χ0) is 11.5. The van der Waals surface area contributed by atoms with Crippen LogP contribution in [-0.2, 0) is 6.42 Å². The van der Waals surface area contributed by atoms with Gasteiger partial charge in [-0.3, -0.25) is 0 Å². The molecule has 0 saturated heterocycles. The molecule has 0 aromatic carbocycles. The molecule has 92 valence electrons. The predicted octanol–water partition coefficient (Wildman–Crippen LogP) is 2.19. The molecule has 3 heteroatoms. The van der Waals surface area contributed by atoms with Crippen LogP contribution in [0.2, 0.25) is 0 Å². The van der Waals surface area contributed by atoms with Crippen LogP contribution in [0, 0.1) is 0 Å². The smallest absolute Gasteiger partial charge is 0.103 e. The molecule has 1 heterocycles. The average Bonchev–Trinajstić information content (AvgIpc) is 2.80. The molecule has 0 spiro atoms. The van der Waals surface area contributed by atoms with Gasteiger partial charge in [-0.2, -0.15) is 0 Å². The molecule has 2 N–H and O–H groups in total. The summed E-state index contributed by atoms with van der Waals surface area (Å²) in [6.07, 6.45) is 6.35. The first-order chi connectivity index (χ1) is 7.93. The van der Waals surface area contributed by atoms with Gasteiger partial charge in [-0.15, -0.1) is 0 Å². The third-order valence-electron chi connectivity index (χ3n) is 2.49. The molecule has 0 saturated carbocycles. The van der Waals surface area contributed by atoms with Gasteiger partial charge in [0.05, 0.1) is 6.26 Å². The van der Waals surface area contributed by atoms with Gasteiger partial charge in [-0.05, 0) is 57.6 Å². The highest BCUT2D eigenvalue weighted by atomic mass is 16.3. The van der Waals surface area contributed by atoms with E-state index in [1.807, 2.05) is 12.1 Å². The zero-order valence-corrected chi connectivity index (χ0v) is 10.3. The van der Waals surface area contributed by atoms with E-state index >= 15 is 0 Å². The number of hydrogen-bond acceptors (Lipinski definition) is 3. The molecule has 0 bridgehead atoms. The van der Waals surface area contributed by atoms with Gasteiger partial charge in [0, 0.05) is 6.42 Å². The lowest BCUT2D eigenvalue weighted by Gasteiger charge is -2.04. The molecule has 0 aliphatic rings. The molecule has 0 fully saturated rings. The minimum absolute atomic E-state index is 1.04. The van der Waals surface area contributed by atoms with Crippen molar-refractivity contribution in [1.29, 1.82) is 0 Å². The predicted molar refractivity (Wildman–Crippen MR) is 67.7 cm³/mol. The van der Waals surface area contributed by atoms with Crippen LogP contribution in [0.5, 0.6) is 0 Å². The van der Waals surface area contributed by atoms with Crippen LogP contribution in [0.15, 0.2) is 22.8 Å². The Morgan fingerprint density at radius 1 is 1.06 bits per heavy atom. The topological polar surface area (TPSA) is 37.2 Å². The number of furan rings is 1. The molecule has 0 aliphatic carbocycles. The molecule has 0 atom stereocenters. The van der Waals surface area contributed by atoms with Crippen molar-refractivity contribution in [2.45, 2.75) is 32.6 Å². The molecular weight excluding hydrogens is 200 g/mol. The summed E-state index contributed by atoms with van der Waals surface area (Å²) in [5, 5.41) is 6.84. The van der Waals surface area contributed by atoms with Crippen molar-refractivity contribution in [2.24, 2.45) is 0 Å². The summed E-state index contributed by atoms with van der Waals surface area (Å²) in [5.41, 5.74) is 0. The summed E-state index contributed by atoms with van der Waals surface area (Å²) >= 11 is 0. The first kappa shape index (κ1) is 13.3. The summed E-state index contributed by atoms with van der Waals surface area (Å²) in [4.78, 5) is 0. The summed E-state index contributed by atoms with van der Waals surface area (Å²) < 4.78 is 5.27. The van der Waals surface area contributed by atoms with E-state index in [0.29, 0.717) is 0 Å². The largest absolute Gasteiger partial charge is 0.469 e. The fraction of sp³-hybridized carbons (Fsp3) is 0.692. The van der Waals surface area contributed by atoms with Gasteiger partial charge in [0.2, 0.25) is 0 Å². The van der Waals surface area contributed by atoms with E-state index in [0.717, 1.165) is 44.8 Å². The van der Waals surface area contributed by atoms with Crippen molar-refractivity contribution < 1.29 is 4.42 Å². The maximum Gasteiger partial charge on any atom is 0.103 e. The van der Waals surface area contributed by atoms with Gasteiger partial charge in [-0.25, -0.2) is 0 Å². The Morgan fingerprint density at radius 3 is 2.50 bits per heavy atom. The van der Waals surface area contributed by atoms with Gasteiger partial charge in [0.1, 0.15) is 5.76 Å². The maximum atomic E-state index is 5.27. The highest BCUT2D eigenvalue weighted by molar-refractivity contribution is 4.97. The van der Waals surface area contributed by atoms with E-state index in [1.165, 1.54) is 12.8 Å². The lowest BCUT2D eigenvalue weighted by atomic mass is 10.2. The number of hydrogen-bond donors (Lipinski definition) is 2. The van der Waals surface area contributed by atoms with Crippen LogP contribution in [0.3, 0.4) is 0 Å². The van der Waals surface area contributed by atoms with Crippen LogP contribution < -0.4 is 10.6 Å². The molecule has 1 aromatic rings. The Bertz CT molecular complexity index is 234. The molecule has 0 aliphatic heterocycles. The fourth-order valence-electron chi connectivity index (χ4n) is 1.61. The molecule has 1 aromatic heterocycles. The minimum atomic E-state index is 1.04. The van der Waals surface area contributed by atoms with Crippen molar-refractivity contribution >= 4 is 0 Å². The van der Waals surface area contributed by atoms with Crippen LogP contribution in [0.1, 0.15) is 31.9 Å². The second kappa shape index (κ2) is 9.43. The Labute approximate surface area is 98.6 Å². The summed E-state index contributed by atoms with van der Waals surface area (Å²) in [5.74, 6) is 1.09. The molecule has 16 heavy (non-hydrogen) atoms. The first-order valence-corrected chi connectivity index (χ1v) is 6.37. The highest BCUT2D eigenvalue weighted by Crippen LogP contribution is 2.02. The third-order valence-corrected chi connectivity index (χ3v) is 2.49. The average molecular weight is 224 g/mol. The summed E-state index contributed by atoms with van der Waals surface area (Å²) in [6, 6.07) is 3.98. The van der Waals surface area contributed by atoms with Crippen LogP contribution in [-0.4, -0.2) is 26.2 Å². The van der Waals surface area contributed by atoms with Gasteiger partial charge >= 0.3 is 0 Å². The second-order valence-electron chi connectivity index (χ2n) is 4.04. The van der Waals surface area contributed by atoms with Crippen LogP contribution in [0.25, 0.3) is 0 Å². The van der Waals surface area contributed by atoms with Gasteiger partial charge in [-0.1, -0.05) is 6.92 Å². The van der Waals surface area contributed by atoms with Gasteiger partial charge in [0.15, 0.2) is 0 Å². The molecule has 0 unspecified atom stereocenters. The second-order valence-corrected chi connectivity index (χ2v) is 4.04.